The Labute approximate surface area is 169 Å². The van der Waals surface area contributed by atoms with Crippen LogP contribution >= 0.6 is 0 Å². The van der Waals surface area contributed by atoms with Gasteiger partial charge in [0.05, 0.1) is 12.2 Å². The molecule has 0 fully saturated rings. The number of carbonyl (C=O) groups excluding carboxylic acids is 2. The van der Waals surface area contributed by atoms with Crippen LogP contribution in [-0.4, -0.2) is 22.9 Å². The average molecular weight is 387 g/mol. The highest BCUT2D eigenvalue weighted by Gasteiger charge is 2.31. The number of nitrogens with one attached hydrogen (secondary N) is 1. The molecule has 0 aliphatic carbocycles. The lowest BCUT2D eigenvalue weighted by molar-refractivity contribution is -0.125. The maximum atomic E-state index is 12.8. The molecule has 1 aliphatic heterocycles. The minimum atomic E-state index is -0.565. The lowest BCUT2D eigenvalue weighted by Crippen LogP contribution is -2.44. The van der Waals surface area contributed by atoms with Crippen molar-refractivity contribution in [3.8, 4) is 5.75 Å². The molecule has 1 atom stereocenters. The van der Waals surface area contributed by atoms with Crippen LogP contribution in [0.1, 0.15) is 28.4 Å². The summed E-state index contributed by atoms with van der Waals surface area (Å²) in [5.41, 5.74) is 3.92. The van der Waals surface area contributed by atoms with Crippen LogP contribution in [0.5, 0.6) is 5.75 Å². The van der Waals surface area contributed by atoms with E-state index in [1.807, 2.05) is 31.2 Å². The second kappa shape index (κ2) is 7.75. The first kappa shape index (κ1) is 18.7. The van der Waals surface area contributed by atoms with Gasteiger partial charge in [-0.25, -0.2) is 0 Å². The summed E-state index contributed by atoms with van der Waals surface area (Å²) in [4.78, 5) is 30.9. The second-order valence-electron chi connectivity index (χ2n) is 7.04. The molecule has 2 amide bonds. The van der Waals surface area contributed by atoms with Gasteiger partial charge in [0.25, 0.3) is 11.8 Å². The quantitative estimate of drug-likeness (QED) is 0.736. The smallest absolute Gasteiger partial charge is 0.268 e. The first-order valence-electron chi connectivity index (χ1n) is 9.40. The van der Waals surface area contributed by atoms with Crippen LogP contribution in [0.15, 0.2) is 67.0 Å². The van der Waals surface area contributed by atoms with E-state index in [1.165, 1.54) is 0 Å². The molecule has 1 N–H and O–H groups in total. The molecule has 0 bridgehead atoms. The summed E-state index contributed by atoms with van der Waals surface area (Å²) in [7, 11) is 0. The summed E-state index contributed by atoms with van der Waals surface area (Å²) >= 11 is 0. The maximum Gasteiger partial charge on any atom is 0.268 e. The Hall–Kier alpha value is -3.67. The maximum absolute atomic E-state index is 12.8. The molecule has 0 radical (unpaired) electrons. The number of hydrogen-bond acceptors (Lipinski definition) is 4. The van der Waals surface area contributed by atoms with Crippen molar-refractivity contribution in [2.75, 3.05) is 10.2 Å². The van der Waals surface area contributed by atoms with Crippen molar-refractivity contribution >= 4 is 23.2 Å². The summed E-state index contributed by atoms with van der Waals surface area (Å²) < 4.78 is 5.76. The molecular formula is C23H21N3O3. The van der Waals surface area contributed by atoms with Gasteiger partial charge in [0.15, 0.2) is 6.10 Å². The third-order valence-electron chi connectivity index (χ3n) is 4.83. The van der Waals surface area contributed by atoms with Crippen LogP contribution in [-0.2, 0) is 11.3 Å². The number of aromatic nitrogens is 1. The van der Waals surface area contributed by atoms with Crippen LogP contribution < -0.4 is 15.0 Å². The molecule has 3 aromatic rings. The first-order chi connectivity index (χ1) is 14.0. The highest BCUT2D eigenvalue weighted by atomic mass is 16.5. The largest absolute Gasteiger partial charge is 0.479 e. The van der Waals surface area contributed by atoms with Crippen molar-refractivity contribution in [1.29, 1.82) is 0 Å². The fraction of sp³-hybridized carbons (Fsp3) is 0.174. The number of benzene rings is 2. The van der Waals surface area contributed by atoms with Gasteiger partial charge in [-0.05, 0) is 49.7 Å². The number of anilines is 2. The molecule has 146 valence electrons. The minimum absolute atomic E-state index is 0.115. The number of nitrogens with zero attached hydrogens (tertiary/aromatic N) is 2. The number of fused-ring (bicyclic) bond motifs is 1. The molecule has 0 saturated carbocycles. The SMILES string of the molecule is Cc1ccc(CN2C(=O)C(C)Oc3ccc(NC(=O)c4ccncc4)cc32)cc1. The summed E-state index contributed by atoms with van der Waals surface area (Å²) in [6.07, 6.45) is 2.57. The molecule has 2 aromatic carbocycles. The fourth-order valence-electron chi connectivity index (χ4n) is 3.23. The number of rotatable bonds is 4. The van der Waals surface area contributed by atoms with E-state index in [0.29, 0.717) is 29.2 Å². The summed E-state index contributed by atoms with van der Waals surface area (Å²) in [5, 5.41) is 2.87. The number of pyridine rings is 1. The molecule has 0 saturated heterocycles. The molecule has 1 aliphatic rings. The van der Waals surface area contributed by atoms with E-state index < -0.39 is 6.10 Å². The second-order valence-corrected chi connectivity index (χ2v) is 7.04. The van der Waals surface area contributed by atoms with E-state index in [0.717, 1.165) is 11.1 Å². The standard InChI is InChI=1S/C23H21N3O3/c1-15-3-5-17(6-4-15)14-26-20-13-19(7-8-21(20)29-16(2)23(26)28)25-22(27)18-9-11-24-12-10-18/h3-13,16H,14H2,1-2H3,(H,25,27). The average Bonchev–Trinajstić information content (AvgIpc) is 2.74. The molecule has 1 unspecified atom stereocenters. The van der Waals surface area contributed by atoms with Gasteiger partial charge in [0.1, 0.15) is 5.75 Å². The molecule has 1 aromatic heterocycles. The molecule has 2 heterocycles. The highest BCUT2D eigenvalue weighted by molar-refractivity contribution is 6.05. The number of ether oxygens (including phenoxy) is 1. The van der Waals surface area contributed by atoms with Crippen molar-refractivity contribution < 1.29 is 14.3 Å². The number of aryl methyl sites for hydroxylation is 1. The first-order valence-corrected chi connectivity index (χ1v) is 9.40. The van der Waals surface area contributed by atoms with Crippen LogP contribution in [0.25, 0.3) is 0 Å². The number of hydrogen-bond donors (Lipinski definition) is 1. The van der Waals surface area contributed by atoms with Gasteiger partial charge in [-0.1, -0.05) is 29.8 Å². The summed E-state index contributed by atoms with van der Waals surface area (Å²) in [6.45, 7) is 4.20. The van der Waals surface area contributed by atoms with Crippen molar-refractivity contribution in [1.82, 2.24) is 4.98 Å². The van der Waals surface area contributed by atoms with Gasteiger partial charge >= 0.3 is 0 Å². The topological polar surface area (TPSA) is 71.5 Å². The predicted molar refractivity (Wildman–Crippen MR) is 111 cm³/mol. The van der Waals surface area contributed by atoms with E-state index in [1.54, 1.807) is 54.5 Å². The van der Waals surface area contributed by atoms with E-state index in [2.05, 4.69) is 10.3 Å². The molecule has 6 heteroatoms. The van der Waals surface area contributed by atoms with Crippen molar-refractivity contribution in [3.63, 3.8) is 0 Å². The Kier molecular flexibility index (Phi) is 4.99. The molecule has 6 nitrogen and oxygen atoms in total. The summed E-state index contributed by atoms with van der Waals surface area (Å²) in [5.74, 6) is 0.260. The fourth-order valence-corrected chi connectivity index (χ4v) is 3.23. The number of carbonyl (C=O) groups is 2. The monoisotopic (exact) mass is 387 g/mol. The van der Waals surface area contributed by atoms with Gasteiger partial charge in [0.2, 0.25) is 0 Å². The summed E-state index contributed by atoms with van der Waals surface area (Å²) in [6, 6.07) is 16.7. The number of amides is 2. The van der Waals surface area contributed by atoms with Crippen LogP contribution in [0.3, 0.4) is 0 Å². The predicted octanol–water partition coefficient (Wildman–Crippen LogP) is 3.96. The Morgan fingerprint density at radius 2 is 1.83 bits per heavy atom. The third-order valence-corrected chi connectivity index (χ3v) is 4.83. The molecule has 0 spiro atoms. The van der Waals surface area contributed by atoms with Crippen molar-refractivity contribution in [2.24, 2.45) is 0 Å². The Morgan fingerprint density at radius 1 is 1.10 bits per heavy atom. The Balaban J connectivity index is 1.63. The normalized spacial score (nSPS) is 15.4. The van der Waals surface area contributed by atoms with Crippen molar-refractivity contribution in [2.45, 2.75) is 26.5 Å². The Morgan fingerprint density at radius 3 is 2.55 bits per heavy atom. The van der Waals surface area contributed by atoms with E-state index >= 15 is 0 Å². The van der Waals surface area contributed by atoms with Crippen LogP contribution in [0.2, 0.25) is 0 Å². The highest BCUT2D eigenvalue weighted by Crippen LogP contribution is 2.37. The zero-order valence-corrected chi connectivity index (χ0v) is 16.3. The van der Waals surface area contributed by atoms with E-state index in [9.17, 15) is 9.59 Å². The molecular weight excluding hydrogens is 366 g/mol. The Bertz CT molecular complexity index is 1050. The van der Waals surface area contributed by atoms with Crippen LogP contribution in [0, 0.1) is 6.92 Å². The third kappa shape index (κ3) is 3.96. The van der Waals surface area contributed by atoms with E-state index in [4.69, 9.17) is 4.74 Å². The van der Waals surface area contributed by atoms with Gasteiger partial charge < -0.3 is 15.0 Å². The van der Waals surface area contributed by atoms with Gasteiger partial charge in [-0.15, -0.1) is 0 Å². The lowest BCUT2D eigenvalue weighted by atomic mass is 10.1. The van der Waals surface area contributed by atoms with Crippen molar-refractivity contribution in [3.05, 3.63) is 83.7 Å². The van der Waals surface area contributed by atoms with Crippen LogP contribution in [0.4, 0.5) is 11.4 Å². The zero-order chi connectivity index (χ0) is 20.4. The van der Waals surface area contributed by atoms with E-state index in [-0.39, 0.29) is 11.8 Å². The van der Waals surface area contributed by atoms with Gasteiger partial charge in [0, 0.05) is 23.6 Å². The lowest BCUT2D eigenvalue weighted by Gasteiger charge is -2.33. The minimum Gasteiger partial charge on any atom is -0.479 e. The zero-order valence-electron chi connectivity index (χ0n) is 16.3. The van der Waals surface area contributed by atoms with Gasteiger partial charge in [-0.3, -0.25) is 14.6 Å². The molecule has 29 heavy (non-hydrogen) atoms. The van der Waals surface area contributed by atoms with Gasteiger partial charge in [-0.2, -0.15) is 0 Å². The molecule has 4 rings (SSSR count).